The summed E-state index contributed by atoms with van der Waals surface area (Å²) >= 11 is 0. The summed E-state index contributed by atoms with van der Waals surface area (Å²) in [5.74, 6) is -1.55. The summed E-state index contributed by atoms with van der Waals surface area (Å²) < 4.78 is 34.0. The van der Waals surface area contributed by atoms with Gasteiger partial charge < -0.3 is 10.1 Å². The summed E-state index contributed by atoms with van der Waals surface area (Å²) in [7, 11) is 0. The average molecular weight is 297 g/mol. The Morgan fingerprint density at radius 2 is 1.90 bits per heavy atom. The summed E-state index contributed by atoms with van der Waals surface area (Å²) in [5, 5.41) is 3.33. The van der Waals surface area contributed by atoms with E-state index in [1.165, 1.54) is 6.42 Å². The van der Waals surface area contributed by atoms with E-state index in [1.54, 1.807) is 12.1 Å². The number of nitrogens with one attached hydrogen (secondary N) is 1. The fourth-order valence-electron chi connectivity index (χ4n) is 3.48. The second-order valence-electron chi connectivity index (χ2n) is 5.69. The van der Waals surface area contributed by atoms with Crippen molar-refractivity contribution in [1.82, 2.24) is 5.32 Å². The second-order valence-corrected chi connectivity index (χ2v) is 5.69. The first-order valence-corrected chi connectivity index (χ1v) is 7.96. The zero-order chi connectivity index (χ0) is 15.3. The minimum Gasteiger partial charge on any atom is -0.373 e. The molecule has 0 amide bonds. The number of hydrogen-bond donors (Lipinski definition) is 1. The van der Waals surface area contributed by atoms with Crippen LogP contribution in [0.2, 0.25) is 0 Å². The van der Waals surface area contributed by atoms with Crippen LogP contribution in [-0.2, 0) is 4.74 Å². The first kappa shape index (κ1) is 16.4. The summed E-state index contributed by atoms with van der Waals surface area (Å²) in [6.07, 6.45) is 5.08. The van der Waals surface area contributed by atoms with Crippen LogP contribution < -0.4 is 5.32 Å². The molecule has 0 saturated heterocycles. The van der Waals surface area contributed by atoms with Gasteiger partial charge in [-0.15, -0.1) is 0 Å². The van der Waals surface area contributed by atoms with Gasteiger partial charge in [0.25, 0.3) is 0 Å². The van der Waals surface area contributed by atoms with Crippen LogP contribution in [0.4, 0.5) is 8.78 Å². The first-order valence-electron chi connectivity index (χ1n) is 7.96. The highest BCUT2D eigenvalue weighted by Gasteiger charge is 2.42. The van der Waals surface area contributed by atoms with Crippen LogP contribution in [0, 0.1) is 11.6 Å². The molecule has 2 nitrogen and oxygen atoms in total. The lowest BCUT2D eigenvalue weighted by Crippen LogP contribution is -2.48. The normalized spacial score (nSPS) is 19.4. The van der Waals surface area contributed by atoms with Crippen LogP contribution in [0.3, 0.4) is 0 Å². The van der Waals surface area contributed by atoms with Gasteiger partial charge in [-0.2, -0.15) is 0 Å². The fourth-order valence-corrected chi connectivity index (χ4v) is 3.48. The molecule has 0 heterocycles. The number of halogens is 2. The van der Waals surface area contributed by atoms with Gasteiger partial charge in [0.1, 0.15) is 0 Å². The summed E-state index contributed by atoms with van der Waals surface area (Å²) in [5.41, 5.74) is -0.0512. The van der Waals surface area contributed by atoms with Gasteiger partial charge in [0, 0.05) is 12.2 Å². The second kappa shape index (κ2) is 7.32. The molecule has 1 aromatic carbocycles. The number of hydrogen-bond acceptors (Lipinski definition) is 2. The molecule has 0 aromatic heterocycles. The maximum atomic E-state index is 14.3. The van der Waals surface area contributed by atoms with E-state index in [1.807, 2.05) is 13.8 Å². The van der Waals surface area contributed by atoms with Crippen molar-refractivity contribution in [1.29, 1.82) is 0 Å². The number of likely N-dealkylation sites (N-methyl/N-ethyl adjacent to an activating group) is 1. The molecule has 1 fully saturated rings. The smallest absolute Gasteiger partial charge is 0.163 e. The zero-order valence-corrected chi connectivity index (χ0v) is 12.9. The maximum absolute atomic E-state index is 14.3. The molecule has 1 aliphatic rings. The van der Waals surface area contributed by atoms with Gasteiger partial charge in [-0.1, -0.05) is 38.3 Å². The molecule has 1 aromatic rings. The van der Waals surface area contributed by atoms with Crippen LogP contribution in [-0.4, -0.2) is 18.8 Å². The van der Waals surface area contributed by atoms with E-state index in [0.29, 0.717) is 18.7 Å². The van der Waals surface area contributed by atoms with Crippen molar-refractivity contribution in [3.8, 4) is 0 Å². The van der Waals surface area contributed by atoms with E-state index in [2.05, 4.69) is 5.32 Å². The van der Waals surface area contributed by atoms with E-state index in [-0.39, 0.29) is 6.04 Å². The minimum atomic E-state index is -0.794. The molecule has 0 bridgehead atoms. The SMILES string of the molecule is CCNC(c1cccc(F)c1F)C1(OCC)CCCCC1. The Labute approximate surface area is 125 Å². The standard InChI is InChI=1S/C17H25F2NO/c1-3-20-16(13-9-8-10-14(18)15(13)19)17(21-4-2)11-6-5-7-12-17/h8-10,16,20H,3-7,11-12H2,1-2H3. The number of benzene rings is 1. The van der Waals surface area contributed by atoms with Gasteiger partial charge in [-0.25, -0.2) is 8.78 Å². The lowest BCUT2D eigenvalue weighted by atomic mass is 9.76. The van der Waals surface area contributed by atoms with Gasteiger partial charge in [0.05, 0.1) is 11.6 Å². The van der Waals surface area contributed by atoms with Crippen molar-refractivity contribution in [2.45, 2.75) is 57.6 Å². The monoisotopic (exact) mass is 297 g/mol. The minimum absolute atomic E-state index is 0.307. The van der Waals surface area contributed by atoms with Crippen molar-refractivity contribution < 1.29 is 13.5 Å². The predicted molar refractivity (Wildman–Crippen MR) is 80.2 cm³/mol. The van der Waals surface area contributed by atoms with Crippen molar-refractivity contribution in [3.05, 3.63) is 35.4 Å². The molecule has 4 heteroatoms. The van der Waals surface area contributed by atoms with Crippen LogP contribution >= 0.6 is 0 Å². The molecule has 0 aliphatic heterocycles. The Bertz CT molecular complexity index is 453. The Kier molecular flexibility index (Phi) is 5.71. The van der Waals surface area contributed by atoms with Crippen molar-refractivity contribution in [3.63, 3.8) is 0 Å². The lowest BCUT2D eigenvalue weighted by Gasteiger charge is -2.44. The molecular formula is C17H25F2NO. The van der Waals surface area contributed by atoms with E-state index >= 15 is 0 Å². The Balaban J connectivity index is 2.41. The third kappa shape index (κ3) is 3.43. The molecular weight excluding hydrogens is 272 g/mol. The number of rotatable bonds is 6. The highest BCUT2D eigenvalue weighted by Crippen LogP contribution is 2.42. The molecule has 1 saturated carbocycles. The Morgan fingerprint density at radius 1 is 1.19 bits per heavy atom. The Hall–Kier alpha value is -1.00. The molecule has 1 atom stereocenters. The van der Waals surface area contributed by atoms with Crippen LogP contribution in [0.5, 0.6) is 0 Å². The highest BCUT2D eigenvalue weighted by molar-refractivity contribution is 5.26. The van der Waals surface area contributed by atoms with E-state index < -0.39 is 17.2 Å². The van der Waals surface area contributed by atoms with Crippen molar-refractivity contribution in [2.75, 3.05) is 13.2 Å². The molecule has 21 heavy (non-hydrogen) atoms. The predicted octanol–water partition coefficient (Wildman–Crippen LogP) is 4.35. The maximum Gasteiger partial charge on any atom is 0.163 e. The summed E-state index contributed by atoms with van der Waals surface area (Å²) in [4.78, 5) is 0. The van der Waals surface area contributed by atoms with Crippen LogP contribution in [0.1, 0.15) is 57.6 Å². The lowest BCUT2D eigenvalue weighted by molar-refractivity contribution is -0.0917. The molecule has 0 spiro atoms. The van der Waals surface area contributed by atoms with Gasteiger partial charge in [0.2, 0.25) is 0 Å². The zero-order valence-electron chi connectivity index (χ0n) is 12.9. The molecule has 0 radical (unpaired) electrons. The van der Waals surface area contributed by atoms with Crippen molar-refractivity contribution >= 4 is 0 Å². The topological polar surface area (TPSA) is 21.3 Å². The van der Waals surface area contributed by atoms with Gasteiger partial charge in [0.15, 0.2) is 11.6 Å². The summed E-state index contributed by atoms with van der Waals surface area (Å²) in [6, 6.07) is 4.09. The van der Waals surface area contributed by atoms with Crippen LogP contribution in [0.25, 0.3) is 0 Å². The third-order valence-corrected chi connectivity index (χ3v) is 4.36. The third-order valence-electron chi connectivity index (χ3n) is 4.36. The molecule has 118 valence electrons. The largest absolute Gasteiger partial charge is 0.373 e. The molecule has 2 rings (SSSR count). The molecule has 1 unspecified atom stereocenters. The molecule has 1 aliphatic carbocycles. The molecule has 1 N–H and O–H groups in total. The van der Waals surface area contributed by atoms with Gasteiger partial charge in [-0.3, -0.25) is 0 Å². The van der Waals surface area contributed by atoms with E-state index in [9.17, 15) is 8.78 Å². The van der Waals surface area contributed by atoms with Crippen molar-refractivity contribution in [2.24, 2.45) is 0 Å². The van der Waals surface area contributed by atoms with Crippen LogP contribution in [0.15, 0.2) is 18.2 Å². The highest BCUT2D eigenvalue weighted by atomic mass is 19.2. The van der Waals surface area contributed by atoms with Gasteiger partial charge in [-0.05, 0) is 32.4 Å². The quantitative estimate of drug-likeness (QED) is 0.842. The van der Waals surface area contributed by atoms with E-state index in [4.69, 9.17) is 4.74 Å². The van der Waals surface area contributed by atoms with Gasteiger partial charge >= 0.3 is 0 Å². The number of ether oxygens (including phenoxy) is 1. The fraction of sp³-hybridized carbons (Fsp3) is 0.647. The first-order chi connectivity index (χ1) is 10.1. The Morgan fingerprint density at radius 3 is 2.52 bits per heavy atom. The average Bonchev–Trinajstić information content (AvgIpc) is 2.49. The summed E-state index contributed by atoms with van der Waals surface area (Å²) in [6.45, 7) is 5.21. The van der Waals surface area contributed by atoms with E-state index in [0.717, 1.165) is 31.7 Å².